The predicted molar refractivity (Wildman–Crippen MR) is 91.6 cm³/mol. The van der Waals surface area contributed by atoms with E-state index in [4.69, 9.17) is 4.74 Å². The summed E-state index contributed by atoms with van der Waals surface area (Å²) in [6.45, 7) is 6.16. The number of pyridine rings is 1. The zero-order valence-corrected chi connectivity index (χ0v) is 13.7. The fraction of sp³-hybridized carbons (Fsp3) is 0.500. The average Bonchev–Trinajstić information content (AvgIpc) is 2.90. The van der Waals surface area contributed by atoms with Crippen LogP contribution in [0, 0.1) is 0 Å². The predicted octanol–water partition coefficient (Wildman–Crippen LogP) is 3.53. The Kier molecular flexibility index (Phi) is 4.48. The molecule has 0 aliphatic carbocycles. The van der Waals surface area contributed by atoms with Crippen LogP contribution in [0.2, 0.25) is 0 Å². The van der Waals surface area contributed by atoms with Crippen LogP contribution in [-0.4, -0.2) is 42.2 Å². The third-order valence-corrected chi connectivity index (χ3v) is 4.27. The summed E-state index contributed by atoms with van der Waals surface area (Å²) in [5.41, 5.74) is 1.11. The average molecular weight is 299 g/mol. The maximum Gasteiger partial charge on any atom is 0.221 e. The van der Waals surface area contributed by atoms with Crippen LogP contribution in [0.4, 0.5) is 5.69 Å². The lowest BCUT2D eigenvalue weighted by atomic mass is 10.1. The second kappa shape index (κ2) is 6.53. The van der Waals surface area contributed by atoms with Crippen molar-refractivity contribution in [1.29, 1.82) is 0 Å². The first-order valence-electron chi connectivity index (χ1n) is 8.12. The van der Waals surface area contributed by atoms with Crippen LogP contribution in [0.5, 0.6) is 5.88 Å². The molecule has 0 bridgehead atoms. The van der Waals surface area contributed by atoms with Crippen molar-refractivity contribution < 1.29 is 4.74 Å². The van der Waals surface area contributed by atoms with E-state index in [9.17, 15) is 0 Å². The minimum atomic E-state index is 0.408. The number of fused-ring (bicyclic) bond motifs is 1. The van der Waals surface area contributed by atoms with E-state index >= 15 is 0 Å². The molecule has 0 amide bonds. The molecule has 118 valence electrons. The van der Waals surface area contributed by atoms with E-state index in [2.05, 4.69) is 54.3 Å². The topological polar surface area (TPSA) is 37.4 Å². The highest BCUT2D eigenvalue weighted by Crippen LogP contribution is 2.27. The minimum Gasteiger partial charge on any atom is -0.476 e. The number of benzene rings is 1. The Balaban J connectivity index is 1.81. The van der Waals surface area contributed by atoms with Crippen LogP contribution >= 0.6 is 0 Å². The molecule has 1 atom stereocenters. The molecule has 1 aliphatic rings. The number of nitrogens with one attached hydrogen (secondary N) is 1. The molecule has 0 radical (unpaired) electrons. The first kappa shape index (κ1) is 15.1. The number of nitrogens with zero attached hydrogens (tertiary/aromatic N) is 2. The van der Waals surface area contributed by atoms with Gasteiger partial charge in [0.05, 0.1) is 0 Å². The molecule has 1 fully saturated rings. The van der Waals surface area contributed by atoms with E-state index in [0.717, 1.165) is 17.0 Å². The number of rotatable bonds is 5. The molecule has 1 saturated heterocycles. The van der Waals surface area contributed by atoms with Gasteiger partial charge in [0.15, 0.2) is 0 Å². The third kappa shape index (κ3) is 3.33. The lowest BCUT2D eigenvalue weighted by Gasteiger charge is -2.20. The van der Waals surface area contributed by atoms with Gasteiger partial charge in [0.1, 0.15) is 6.61 Å². The molecule has 1 unspecified atom stereocenters. The fourth-order valence-corrected chi connectivity index (χ4v) is 3.04. The van der Waals surface area contributed by atoms with Crippen molar-refractivity contribution >= 4 is 16.5 Å². The van der Waals surface area contributed by atoms with Gasteiger partial charge in [-0.25, -0.2) is 4.98 Å². The monoisotopic (exact) mass is 299 g/mol. The van der Waals surface area contributed by atoms with E-state index < -0.39 is 0 Å². The fourth-order valence-electron chi connectivity index (χ4n) is 3.04. The molecule has 1 aliphatic heterocycles. The molecule has 0 spiro atoms. The highest BCUT2D eigenvalue weighted by Gasteiger charge is 2.21. The third-order valence-electron chi connectivity index (χ3n) is 4.27. The van der Waals surface area contributed by atoms with Crippen LogP contribution < -0.4 is 10.1 Å². The number of hydrogen-bond donors (Lipinski definition) is 1. The number of likely N-dealkylation sites (N-methyl/N-ethyl adjacent to an activating group) is 1. The summed E-state index contributed by atoms with van der Waals surface area (Å²) in [6.07, 6.45) is 4.29. The van der Waals surface area contributed by atoms with Crippen molar-refractivity contribution in [1.82, 2.24) is 9.88 Å². The van der Waals surface area contributed by atoms with Gasteiger partial charge in [0, 0.05) is 29.4 Å². The van der Waals surface area contributed by atoms with Crippen LogP contribution in [0.15, 0.2) is 30.5 Å². The quantitative estimate of drug-likeness (QED) is 0.916. The maximum atomic E-state index is 6.05. The molecule has 3 rings (SSSR count). The number of anilines is 1. The summed E-state index contributed by atoms with van der Waals surface area (Å²) < 4.78 is 6.05. The van der Waals surface area contributed by atoms with E-state index in [-0.39, 0.29) is 0 Å². The summed E-state index contributed by atoms with van der Waals surface area (Å²) >= 11 is 0. The molecule has 1 N–H and O–H groups in total. The highest BCUT2D eigenvalue weighted by molar-refractivity contribution is 5.89. The van der Waals surface area contributed by atoms with Crippen LogP contribution in [-0.2, 0) is 0 Å². The summed E-state index contributed by atoms with van der Waals surface area (Å²) in [5, 5.41) is 5.68. The molecular weight excluding hydrogens is 274 g/mol. The molecular formula is C18H25N3O. The first-order chi connectivity index (χ1) is 10.6. The Morgan fingerprint density at radius 3 is 2.95 bits per heavy atom. The van der Waals surface area contributed by atoms with E-state index in [1.807, 2.05) is 12.3 Å². The van der Waals surface area contributed by atoms with Gasteiger partial charge in [-0.2, -0.15) is 0 Å². The first-order valence-corrected chi connectivity index (χ1v) is 8.12. The molecule has 1 aromatic heterocycles. The highest BCUT2D eigenvalue weighted by atomic mass is 16.5. The minimum absolute atomic E-state index is 0.408. The number of aromatic nitrogens is 1. The molecule has 2 aromatic rings. The van der Waals surface area contributed by atoms with Gasteiger partial charge in [-0.3, -0.25) is 0 Å². The Hall–Kier alpha value is -1.81. The lowest BCUT2D eigenvalue weighted by Crippen LogP contribution is -2.30. The van der Waals surface area contributed by atoms with Gasteiger partial charge in [-0.1, -0.05) is 6.07 Å². The van der Waals surface area contributed by atoms with Gasteiger partial charge in [-0.05, 0) is 63.9 Å². The Morgan fingerprint density at radius 2 is 2.23 bits per heavy atom. The van der Waals surface area contributed by atoms with Crippen LogP contribution in [0.3, 0.4) is 0 Å². The zero-order valence-electron chi connectivity index (χ0n) is 13.7. The summed E-state index contributed by atoms with van der Waals surface area (Å²) in [5.74, 6) is 0.741. The van der Waals surface area contributed by atoms with Crippen molar-refractivity contribution in [2.75, 3.05) is 25.5 Å². The Bertz CT molecular complexity index is 641. The number of likely N-dealkylation sites (tertiary alicyclic amines) is 1. The van der Waals surface area contributed by atoms with Crippen LogP contribution in [0.25, 0.3) is 10.8 Å². The van der Waals surface area contributed by atoms with Crippen molar-refractivity contribution in [2.45, 2.75) is 38.8 Å². The van der Waals surface area contributed by atoms with Gasteiger partial charge >= 0.3 is 0 Å². The molecule has 1 aromatic carbocycles. The molecule has 2 heterocycles. The number of ether oxygens (including phenoxy) is 1. The van der Waals surface area contributed by atoms with Gasteiger partial charge in [-0.15, -0.1) is 0 Å². The Morgan fingerprint density at radius 1 is 1.36 bits per heavy atom. The van der Waals surface area contributed by atoms with Gasteiger partial charge in [0.25, 0.3) is 0 Å². The standard InChI is InChI=1S/C18H25N3O/c1-13(2)20-15-7-6-14-8-9-19-18(17(14)11-15)22-12-16-5-4-10-21(16)3/h6-9,11,13,16,20H,4-5,10,12H2,1-3H3. The summed E-state index contributed by atoms with van der Waals surface area (Å²) in [4.78, 5) is 6.82. The SMILES string of the molecule is CC(C)Nc1ccc2ccnc(OCC3CCCN3C)c2c1. The maximum absolute atomic E-state index is 6.05. The second-order valence-electron chi connectivity index (χ2n) is 6.44. The lowest BCUT2D eigenvalue weighted by molar-refractivity contribution is 0.195. The van der Waals surface area contributed by atoms with E-state index in [1.54, 1.807) is 0 Å². The van der Waals surface area contributed by atoms with Gasteiger partial charge in [0.2, 0.25) is 5.88 Å². The van der Waals surface area contributed by atoms with Crippen molar-refractivity contribution in [3.05, 3.63) is 30.5 Å². The molecule has 4 heteroatoms. The van der Waals surface area contributed by atoms with E-state index in [0.29, 0.717) is 18.7 Å². The van der Waals surface area contributed by atoms with Gasteiger partial charge < -0.3 is 15.0 Å². The summed E-state index contributed by atoms with van der Waals surface area (Å²) in [6, 6.07) is 9.31. The zero-order chi connectivity index (χ0) is 15.5. The smallest absolute Gasteiger partial charge is 0.221 e. The number of hydrogen-bond acceptors (Lipinski definition) is 4. The molecule has 22 heavy (non-hydrogen) atoms. The molecule has 4 nitrogen and oxygen atoms in total. The van der Waals surface area contributed by atoms with Crippen molar-refractivity contribution in [2.24, 2.45) is 0 Å². The van der Waals surface area contributed by atoms with E-state index in [1.165, 1.54) is 24.8 Å². The Labute approximate surface area is 132 Å². The van der Waals surface area contributed by atoms with Crippen molar-refractivity contribution in [3.8, 4) is 5.88 Å². The van der Waals surface area contributed by atoms with Crippen molar-refractivity contribution in [3.63, 3.8) is 0 Å². The van der Waals surface area contributed by atoms with Crippen LogP contribution in [0.1, 0.15) is 26.7 Å². The molecule has 0 saturated carbocycles. The second-order valence-corrected chi connectivity index (χ2v) is 6.44. The largest absolute Gasteiger partial charge is 0.476 e. The normalized spacial score (nSPS) is 19.0. The summed E-state index contributed by atoms with van der Waals surface area (Å²) in [7, 11) is 2.17.